The minimum absolute atomic E-state index is 0.659. The quantitative estimate of drug-likeness (QED) is 0.669. The van der Waals surface area contributed by atoms with E-state index in [0.29, 0.717) is 6.04 Å². The zero-order valence-electron chi connectivity index (χ0n) is 11.6. The van der Waals surface area contributed by atoms with Crippen molar-refractivity contribution in [3.63, 3.8) is 0 Å². The van der Waals surface area contributed by atoms with E-state index in [1.165, 1.54) is 44.1 Å². The molecule has 3 heteroatoms. The van der Waals surface area contributed by atoms with Crippen LogP contribution in [0.25, 0.3) is 0 Å². The molecule has 0 amide bonds. The van der Waals surface area contributed by atoms with Gasteiger partial charge in [0.2, 0.25) is 0 Å². The maximum absolute atomic E-state index is 4.20. The lowest BCUT2D eigenvalue weighted by molar-refractivity contribution is 0.461. The van der Waals surface area contributed by atoms with Gasteiger partial charge in [0.05, 0.1) is 6.20 Å². The van der Waals surface area contributed by atoms with E-state index in [1.54, 1.807) is 0 Å². The number of rotatable bonds is 9. The predicted octanol–water partition coefficient (Wildman–Crippen LogP) is 2.91. The third-order valence-corrected chi connectivity index (χ3v) is 3.35. The van der Waals surface area contributed by atoms with Crippen LogP contribution in [0.1, 0.15) is 51.0 Å². The topological polar surface area (TPSA) is 29.9 Å². The van der Waals surface area contributed by atoms with Crippen LogP contribution in [0.5, 0.6) is 0 Å². The van der Waals surface area contributed by atoms with E-state index < -0.39 is 0 Å². The number of hydrogen-bond acceptors (Lipinski definition) is 2. The van der Waals surface area contributed by atoms with Gasteiger partial charge in [-0.3, -0.25) is 4.68 Å². The highest BCUT2D eigenvalue weighted by molar-refractivity contribution is 5.03. The monoisotopic (exact) mass is 237 g/mol. The molecule has 0 aromatic carbocycles. The Bertz CT molecular complexity index is 293. The summed E-state index contributed by atoms with van der Waals surface area (Å²) in [4.78, 5) is 0. The van der Waals surface area contributed by atoms with Crippen molar-refractivity contribution in [2.75, 3.05) is 7.05 Å². The van der Waals surface area contributed by atoms with Crippen molar-refractivity contribution < 1.29 is 0 Å². The number of aromatic nitrogens is 2. The normalized spacial score (nSPS) is 12.9. The van der Waals surface area contributed by atoms with Gasteiger partial charge in [0, 0.05) is 19.3 Å². The van der Waals surface area contributed by atoms with Crippen molar-refractivity contribution in [2.24, 2.45) is 7.05 Å². The number of hydrogen-bond donors (Lipinski definition) is 1. The molecule has 0 aliphatic carbocycles. The number of nitrogens with one attached hydrogen (secondary N) is 1. The minimum Gasteiger partial charge on any atom is -0.317 e. The van der Waals surface area contributed by atoms with E-state index in [0.717, 1.165) is 6.42 Å². The molecule has 0 saturated heterocycles. The third-order valence-electron chi connectivity index (χ3n) is 3.35. The molecular formula is C14H27N3. The Labute approximate surface area is 106 Å². The highest BCUT2D eigenvalue weighted by atomic mass is 15.2. The molecule has 3 nitrogen and oxygen atoms in total. The molecule has 0 radical (unpaired) electrons. The second-order valence-corrected chi connectivity index (χ2v) is 4.90. The Morgan fingerprint density at radius 1 is 1.29 bits per heavy atom. The molecule has 1 aromatic rings. The summed E-state index contributed by atoms with van der Waals surface area (Å²) in [6.45, 7) is 2.26. The first-order valence-corrected chi connectivity index (χ1v) is 6.91. The van der Waals surface area contributed by atoms with Gasteiger partial charge in [-0.1, -0.05) is 32.6 Å². The first-order chi connectivity index (χ1) is 8.26. The average Bonchev–Trinajstić information content (AvgIpc) is 2.74. The van der Waals surface area contributed by atoms with Crippen LogP contribution in [0.2, 0.25) is 0 Å². The molecule has 0 bridgehead atoms. The summed E-state index contributed by atoms with van der Waals surface area (Å²) in [6, 6.07) is 0.659. The van der Waals surface area contributed by atoms with Crippen molar-refractivity contribution in [3.05, 3.63) is 18.0 Å². The maximum Gasteiger partial charge on any atom is 0.0521 e. The van der Waals surface area contributed by atoms with Crippen LogP contribution in [-0.4, -0.2) is 22.9 Å². The highest BCUT2D eigenvalue weighted by Gasteiger charge is 2.06. The highest BCUT2D eigenvalue weighted by Crippen LogP contribution is 2.11. The van der Waals surface area contributed by atoms with Crippen molar-refractivity contribution in [1.82, 2.24) is 15.1 Å². The lowest BCUT2D eigenvalue weighted by atomic mass is 10.0. The molecule has 0 spiro atoms. The molecule has 0 aliphatic heterocycles. The van der Waals surface area contributed by atoms with Gasteiger partial charge in [-0.05, 0) is 31.9 Å². The van der Waals surface area contributed by atoms with Crippen LogP contribution in [-0.2, 0) is 13.5 Å². The molecule has 0 saturated carbocycles. The molecule has 17 heavy (non-hydrogen) atoms. The molecule has 1 N–H and O–H groups in total. The minimum atomic E-state index is 0.659. The summed E-state index contributed by atoms with van der Waals surface area (Å²) < 4.78 is 1.88. The van der Waals surface area contributed by atoms with Crippen LogP contribution in [0, 0.1) is 0 Å². The van der Waals surface area contributed by atoms with Crippen LogP contribution < -0.4 is 5.32 Å². The number of nitrogens with zero attached hydrogens (tertiary/aromatic N) is 2. The van der Waals surface area contributed by atoms with Gasteiger partial charge in [-0.2, -0.15) is 5.10 Å². The Kier molecular flexibility index (Phi) is 6.94. The van der Waals surface area contributed by atoms with E-state index in [2.05, 4.69) is 30.6 Å². The standard InChI is InChI=1S/C14H27N3/c1-4-5-6-7-8-14(15-2)10-9-13-11-16-17(3)12-13/h11-12,14-15H,4-10H2,1-3H3. The van der Waals surface area contributed by atoms with Gasteiger partial charge < -0.3 is 5.32 Å². The van der Waals surface area contributed by atoms with Gasteiger partial charge in [0.1, 0.15) is 0 Å². The van der Waals surface area contributed by atoms with Crippen LogP contribution >= 0.6 is 0 Å². The fraction of sp³-hybridized carbons (Fsp3) is 0.786. The molecule has 0 aliphatic rings. The van der Waals surface area contributed by atoms with E-state index in [9.17, 15) is 0 Å². The molecular weight excluding hydrogens is 210 g/mol. The summed E-state index contributed by atoms with van der Waals surface area (Å²) in [6.07, 6.45) is 13.2. The Morgan fingerprint density at radius 2 is 2.12 bits per heavy atom. The van der Waals surface area contributed by atoms with Crippen LogP contribution in [0.15, 0.2) is 12.4 Å². The smallest absolute Gasteiger partial charge is 0.0521 e. The van der Waals surface area contributed by atoms with Gasteiger partial charge in [-0.25, -0.2) is 0 Å². The second-order valence-electron chi connectivity index (χ2n) is 4.90. The van der Waals surface area contributed by atoms with Crippen LogP contribution in [0.3, 0.4) is 0 Å². The molecule has 1 unspecified atom stereocenters. The first-order valence-electron chi connectivity index (χ1n) is 6.91. The summed E-state index contributed by atoms with van der Waals surface area (Å²) in [5.41, 5.74) is 1.35. The molecule has 1 heterocycles. The number of aryl methyl sites for hydroxylation is 2. The largest absolute Gasteiger partial charge is 0.317 e. The SMILES string of the molecule is CCCCCCC(CCc1cnn(C)c1)NC. The Hall–Kier alpha value is -0.830. The van der Waals surface area contributed by atoms with E-state index in [4.69, 9.17) is 0 Å². The fourth-order valence-electron chi connectivity index (χ4n) is 2.19. The first kappa shape index (κ1) is 14.2. The van der Waals surface area contributed by atoms with E-state index >= 15 is 0 Å². The number of unbranched alkanes of at least 4 members (excludes halogenated alkanes) is 3. The maximum atomic E-state index is 4.20. The summed E-state index contributed by atoms with van der Waals surface area (Å²) in [5.74, 6) is 0. The van der Waals surface area contributed by atoms with Gasteiger partial charge in [0.15, 0.2) is 0 Å². The Balaban J connectivity index is 2.18. The van der Waals surface area contributed by atoms with Crippen molar-refractivity contribution in [3.8, 4) is 0 Å². The predicted molar refractivity (Wildman–Crippen MR) is 73.1 cm³/mol. The van der Waals surface area contributed by atoms with Gasteiger partial charge in [-0.15, -0.1) is 0 Å². The molecule has 1 atom stereocenters. The molecule has 1 aromatic heterocycles. The fourth-order valence-corrected chi connectivity index (χ4v) is 2.19. The van der Waals surface area contributed by atoms with Crippen molar-refractivity contribution in [1.29, 1.82) is 0 Å². The summed E-state index contributed by atoms with van der Waals surface area (Å²) in [7, 11) is 4.05. The van der Waals surface area contributed by atoms with E-state index in [1.807, 2.05) is 17.9 Å². The molecule has 98 valence electrons. The zero-order chi connectivity index (χ0) is 12.5. The lowest BCUT2D eigenvalue weighted by Gasteiger charge is -2.15. The van der Waals surface area contributed by atoms with Gasteiger partial charge in [0.25, 0.3) is 0 Å². The van der Waals surface area contributed by atoms with Crippen molar-refractivity contribution >= 4 is 0 Å². The second kappa shape index (κ2) is 8.29. The lowest BCUT2D eigenvalue weighted by Crippen LogP contribution is -2.25. The third kappa shape index (κ3) is 5.87. The van der Waals surface area contributed by atoms with Crippen molar-refractivity contribution in [2.45, 2.75) is 57.9 Å². The van der Waals surface area contributed by atoms with Gasteiger partial charge >= 0.3 is 0 Å². The molecule has 1 rings (SSSR count). The van der Waals surface area contributed by atoms with Crippen LogP contribution in [0.4, 0.5) is 0 Å². The Morgan fingerprint density at radius 3 is 2.71 bits per heavy atom. The summed E-state index contributed by atoms with van der Waals surface area (Å²) in [5, 5.41) is 7.63. The summed E-state index contributed by atoms with van der Waals surface area (Å²) >= 11 is 0. The zero-order valence-corrected chi connectivity index (χ0v) is 11.6. The molecule has 0 fully saturated rings. The van der Waals surface area contributed by atoms with E-state index in [-0.39, 0.29) is 0 Å². The average molecular weight is 237 g/mol.